The van der Waals surface area contributed by atoms with Gasteiger partial charge in [-0.05, 0) is 80.4 Å². The summed E-state index contributed by atoms with van der Waals surface area (Å²) in [7, 11) is 3.18. The summed E-state index contributed by atoms with van der Waals surface area (Å²) in [6.45, 7) is 4.30. The van der Waals surface area contributed by atoms with Gasteiger partial charge in [-0.15, -0.1) is 0 Å². The Hall–Kier alpha value is -3.45. The number of likely N-dealkylation sites (tertiary alicyclic amines) is 1. The molecule has 4 rings (SSSR count). The zero-order valence-corrected chi connectivity index (χ0v) is 20.9. The van der Waals surface area contributed by atoms with Gasteiger partial charge in [-0.25, -0.2) is 8.78 Å². The summed E-state index contributed by atoms with van der Waals surface area (Å²) in [5, 5.41) is 3.25. The van der Waals surface area contributed by atoms with E-state index in [4.69, 9.17) is 9.47 Å². The summed E-state index contributed by atoms with van der Waals surface area (Å²) in [6, 6.07) is 16.9. The van der Waals surface area contributed by atoms with E-state index >= 15 is 0 Å². The van der Waals surface area contributed by atoms with Crippen LogP contribution in [0.4, 0.5) is 8.78 Å². The fourth-order valence-electron chi connectivity index (χ4n) is 4.85. The molecule has 0 spiro atoms. The molecule has 3 aromatic rings. The molecule has 1 aliphatic heterocycles. The van der Waals surface area contributed by atoms with Crippen LogP contribution in [0, 0.1) is 11.6 Å². The van der Waals surface area contributed by atoms with Crippen molar-refractivity contribution in [3.63, 3.8) is 0 Å². The molecule has 3 aromatic carbocycles. The SMILES string of the molecule is COc1ccc([C@@H](CN2CCCC2)NC(=O)C(C)(c2ccc(F)cc2)c2ccc(F)cc2)c(OC)c1. The molecule has 0 aliphatic carbocycles. The average molecular weight is 495 g/mol. The number of amides is 1. The quantitative estimate of drug-likeness (QED) is 0.442. The van der Waals surface area contributed by atoms with Crippen molar-refractivity contribution in [1.29, 1.82) is 0 Å². The molecule has 1 saturated heterocycles. The molecule has 1 aliphatic rings. The van der Waals surface area contributed by atoms with Crippen LogP contribution in [0.3, 0.4) is 0 Å². The van der Waals surface area contributed by atoms with Crippen LogP contribution in [0.5, 0.6) is 11.5 Å². The molecule has 0 unspecified atom stereocenters. The highest BCUT2D eigenvalue weighted by Crippen LogP contribution is 2.36. The predicted octanol–water partition coefficient (Wildman–Crippen LogP) is 5.24. The van der Waals surface area contributed by atoms with E-state index in [0.29, 0.717) is 29.2 Å². The number of rotatable bonds is 9. The van der Waals surface area contributed by atoms with Gasteiger partial charge in [-0.3, -0.25) is 4.79 Å². The molecule has 1 heterocycles. The summed E-state index contributed by atoms with van der Waals surface area (Å²) in [5.74, 6) is 0.210. The van der Waals surface area contributed by atoms with Gasteiger partial charge in [0, 0.05) is 18.2 Å². The number of hydrogen-bond acceptors (Lipinski definition) is 4. The van der Waals surface area contributed by atoms with Crippen LogP contribution >= 0.6 is 0 Å². The number of methoxy groups -OCH3 is 2. The first-order chi connectivity index (χ1) is 17.3. The Morgan fingerprint density at radius 3 is 1.97 bits per heavy atom. The number of nitrogens with one attached hydrogen (secondary N) is 1. The Balaban J connectivity index is 1.75. The second-order valence-electron chi connectivity index (χ2n) is 9.28. The molecule has 7 heteroatoms. The van der Waals surface area contributed by atoms with Gasteiger partial charge >= 0.3 is 0 Å². The molecule has 1 atom stereocenters. The van der Waals surface area contributed by atoms with Gasteiger partial charge < -0.3 is 19.7 Å². The molecule has 0 bridgehead atoms. The van der Waals surface area contributed by atoms with Crippen LogP contribution in [-0.4, -0.2) is 44.7 Å². The minimum Gasteiger partial charge on any atom is -0.497 e. The van der Waals surface area contributed by atoms with E-state index in [9.17, 15) is 13.6 Å². The van der Waals surface area contributed by atoms with Gasteiger partial charge in [0.2, 0.25) is 5.91 Å². The lowest BCUT2D eigenvalue weighted by Gasteiger charge is -2.33. The van der Waals surface area contributed by atoms with Crippen molar-refractivity contribution in [2.24, 2.45) is 0 Å². The van der Waals surface area contributed by atoms with Crippen LogP contribution in [0.25, 0.3) is 0 Å². The molecule has 190 valence electrons. The van der Waals surface area contributed by atoms with E-state index in [2.05, 4.69) is 10.2 Å². The molecular weight excluding hydrogens is 462 g/mol. The number of hydrogen-bond donors (Lipinski definition) is 1. The van der Waals surface area contributed by atoms with Crippen molar-refractivity contribution in [2.45, 2.75) is 31.2 Å². The number of halogens is 2. The molecule has 5 nitrogen and oxygen atoms in total. The lowest BCUT2D eigenvalue weighted by molar-refractivity contribution is -0.125. The number of ether oxygens (including phenoxy) is 2. The van der Waals surface area contributed by atoms with Crippen molar-refractivity contribution in [2.75, 3.05) is 33.9 Å². The smallest absolute Gasteiger partial charge is 0.235 e. The van der Waals surface area contributed by atoms with Crippen LogP contribution in [0.2, 0.25) is 0 Å². The third kappa shape index (κ3) is 5.36. The molecule has 1 fully saturated rings. The highest BCUT2D eigenvalue weighted by molar-refractivity contribution is 5.92. The molecule has 0 saturated carbocycles. The van der Waals surface area contributed by atoms with E-state index in [1.54, 1.807) is 51.5 Å². The minimum atomic E-state index is -1.19. The van der Waals surface area contributed by atoms with Gasteiger partial charge in [0.1, 0.15) is 23.1 Å². The zero-order chi connectivity index (χ0) is 25.7. The van der Waals surface area contributed by atoms with Gasteiger partial charge in [0.15, 0.2) is 0 Å². The standard InChI is InChI=1S/C29H32F2N2O3/c1-29(20-6-10-22(30)11-7-20,21-8-12-23(31)13-9-21)28(34)32-26(19-33-16-4-5-17-33)25-15-14-24(35-2)18-27(25)36-3/h6-15,18,26H,4-5,16-17,19H2,1-3H3,(H,32,34)/t26-/m1/s1. The van der Waals surface area contributed by atoms with E-state index in [-0.39, 0.29) is 11.9 Å². The topological polar surface area (TPSA) is 50.8 Å². The van der Waals surface area contributed by atoms with Crippen molar-refractivity contribution in [3.8, 4) is 11.5 Å². The number of benzene rings is 3. The molecule has 36 heavy (non-hydrogen) atoms. The molecule has 0 aromatic heterocycles. The number of nitrogens with zero attached hydrogens (tertiary/aromatic N) is 1. The highest BCUT2D eigenvalue weighted by Gasteiger charge is 2.39. The van der Waals surface area contributed by atoms with Crippen molar-refractivity contribution >= 4 is 5.91 Å². The van der Waals surface area contributed by atoms with E-state index < -0.39 is 17.0 Å². The summed E-state index contributed by atoms with van der Waals surface area (Å²) in [4.78, 5) is 16.5. The Labute approximate surface area is 211 Å². The van der Waals surface area contributed by atoms with Crippen LogP contribution in [0.15, 0.2) is 66.7 Å². The summed E-state index contributed by atoms with van der Waals surface area (Å²) < 4.78 is 38.5. The van der Waals surface area contributed by atoms with Gasteiger partial charge in [-0.1, -0.05) is 24.3 Å². The average Bonchev–Trinajstić information content (AvgIpc) is 3.41. The Bertz CT molecular complexity index is 1130. The fourth-order valence-corrected chi connectivity index (χ4v) is 4.85. The van der Waals surface area contributed by atoms with E-state index in [0.717, 1.165) is 31.5 Å². The van der Waals surface area contributed by atoms with Crippen molar-refractivity contribution in [3.05, 3.63) is 95.1 Å². The monoisotopic (exact) mass is 494 g/mol. The minimum absolute atomic E-state index is 0.275. The largest absolute Gasteiger partial charge is 0.497 e. The van der Waals surface area contributed by atoms with E-state index in [1.165, 1.54) is 24.3 Å². The maximum atomic E-state index is 14.1. The van der Waals surface area contributed by atoms with Gasteiger partial charge in [0.25, 0.3) is 0 Å². The highest BCUT2D eigenvalue weighted by atomic mass is 19.1. The Morgan fingerprint density at radius 1 is 0.917 bits per heavy atom. The molecule has 1 N–H and O–H groups in total. The third-order valence-electron chi connectivity index (χ3n) is 7.06. The molecule has 0 radical (unpaired) electrons. The Kier molecular flexibility index (Phi) is 7.89. The van der Waals surface area contributed by atoms with E-state index in [1.807, 2.05) is 12.1 Å². The van der Waals surface area contributed by atoms with Gasteiger partial charge in [-0.2, -0.15) is 0 Å². The van der Waals surface area contributed by atoms with Crippen LogP contribution < -0.4 is 14.8 Å². The predicted molar refractivity (Wildman–Crippen MR) is 135 cm³/mol. The first kappa shape index (κ1) is 25.6. The lowest BCUT2D eigenvalue weighted by atomic mass is 9.75. The summed E-state index contributed by atoms with van der Waals surface area (Å²) >= 11 is 0. The summed E-state index contributed by atoms with van der Waals surface area (Å²) in [5.41, 5.74) is 0.855. The van der Waals surface area contributed by atoms with Crippen LogP contribution in [0.1, 0.15) is 42.5 Å². The third-order valence-corrected chi connectivity index (χ3v) is 7.06. The van der Waals surface area contributed by atoms with Crippen LogP contribution in [-0.2, 0) is 10.2 Å². The second kappa shape index (κ2) is 11.1. The molecular formula is C29H32F2N2O3. The number of carbonyl (C=O) groups excluding carboxylic acids is 1. The maximum Gasteiger partial charge on any atom is 0.235 e. The Morgan fingerprint density at radius 2 is 1.47 bits per heavy atom. The first-order valence-corrected chi connectivity index (χ1v) is 12.1. The molecule has 1 amide bonds. The van der Waals surface area contributed by atoms with Crippen molar-refractivity contribution in [1.82, 2.24) is 10.2 Å². The second-order valence-corrected chi connectivity index (χ2v) is 9.28. The number of carbonyl (C=O) groups is 1. The lowest BCUT2D eigenvalue weighted by Crippen LogP contribution is -2.47. The van der Waals surface area contributed by atoms with Gasteiger partial charge in [0.05, 0.1) is 25.7 Å². The zero-order valence-electron chi connectivity index (χ0n) is 20.9. The maximum absolute atomic E-state index is 14.1. The fraction of sp³-hybridized carbons (Fsp3) is 0.345. The van der Waals surface area contributed by atoms with Crippen molar-refractivity contribution < 1.29 is 23.0 Å². The summed E-state index contributed by atoms with van der Waals surface area (Å²) in [6.07, 6.45) is 2.23. The normalized spacial score (nSPS) is 14.9. The first-order valence-electron chi connectivity index (χ1n) is 12.1.